The molecular formula is C13H29N3O3S3. The molecule has 3 fully saturated rings. The number of nitrogens with two attached hydrogens (primary N) is 2. The maximum absolute atomic E-state index is 10.2. The lowest BCUT2D eigenvalue weighted by atomic mass is 10.3. The summed E-state index contributed by atoms with van der Waals surface area (Å²) >= 11 is 5.51. The minimum atomic E-state index is 0. The van der Waals surface area contributed by atoms with Gasteiger partial charge < -0.3 is 16.1 Å². The highest BCUT2D eigenvalue weighted by Crippen LogP contribution is 2.14. The monoisotopic (exact) mass is 371 g/mol. The highest BCUT2D eigenvalue weighted by Gasteiger charge is 2.08. The fraction of sp³-hybridized carbons (Fsp3) is 0.846. The molecule has 22 heavy (non-hydrogen) atoms. The van der Waals surface area contributed by atoms with Crippen LogP contribution in [-0.4, -0.2) is 62.5 Å². The van der Waals surface area contributed by atoms with Crippen LogP contribution in [0, 0.1) is 0 Å². The van der Waals surface area contributed by atoms with Crippen LogP contribution in [0.25, 0.3) is 0 Å². The van der Waals surface area contributed by atoms with E-state index >= 15 is 0 Å². The van der Waals surface area contributed by atoms with Gasteiger partial charge in [0.1, 0.15) is 5.78 Å². The molecule has 3 rings (SSSR count). The zero-order valence-corrected chi connectivity index (χ0v) is 14.5. The number of rotatable bonds is 0. The Morgan fingerprint density at radius 2 is 1.68 bits per heavy atom. The van der Waals surface area contributed by atoms with Crippen molar-refractivity contribution in [3.8, 4) is 0 Å². The molecular weight excluding hydrogens is 342 g/mol. The first-order chi connectivity index (χ1) is 10.2. The number of thioether (sulfide) groups is 3. The van der Waals surface area contributed by atoms with E-state index in [1.807, 2.05) is 23.5 Å². The van der Waals surface area contributed by atoms with E-state index in [1.54, 1.807) is 11.8 Å². The van der Waals surface area contributed by atoms with E-state index in [4.69, 9.17) is 16.1 Å². The van der Waals surface area contributed by atoms with Crippen LogP contribution >= 0.6 is 35.3 Å². The Bertz CT molecular complexity index is 286. The van der Waals surface area contributed by atoms with Crippen LogP contribution < -0.4 is 11.6 Å². The van der Waals surface area contributed by atoms with Gasteiger partial charge in [0.25, 0.3) is 0 Å². The Balaban J connectivity index is 0. The van der Waals surface area contributed by atoms with Crippen molar-refractivity contribution in [2.24, 2.45) is 16.8 Å². The lowest BCUT2D eigenvalue weighted by Gasteiger charge is -1.91. The average Bonchev–Trinajstić information content (AvgIpc) is 3.25. The van der Waals surface area contributed by atoms with Crippen molar-refractivity contribution in [3.63, 3.8) is 0 Å². The Morgan fingerprint density at radius 3 is 1.86 bits per heavy atom. The molecule has 3 heterocycles. The molecule has 9 heteroatoms. The zero-order valence-electron chi connectivity index (χ0n) is 12.1. The van der Waals surface area contributed by atoms with Gasteiger partial charge in [-0.2, -0.15) is 35.3 Å². The van der Waals surface area contributed by atoms with Crippen molar-refractivity contribution >= 4 is 46.8 Å². The van der Waals surface area contributed by atoms with Crippen molar-refractivity contribution in [1.29, 1.82) is 0 Å². The molecule has 6 nitrogen and oxygen atoms in total. The first kappa shape index (κ1) is 24.3. The second-order valence-electron chi connectivity index (χ2n) is 4.43. The second-order valence-corrected chi connectivity index (χ2v) is 7.79. The highest BCUT2D eigenvalue weighted by atomic mass is 32.2. The molecule has 0 radical (unpaired) electrons. The lowest BCUT2D eigenvalue weighted by molar-refractivity contribution is -0.115. The Morgan fingerprint density at radius 1 is 1.05 bits per heavy atom. The van der Waals surface area contributed by atoms with E-state index in [9.17, 15) is 4.79 Å². The van der Waals surface area contributed by atoms with Gasteiger partial charge in [-0.05, 0) is 24.3 Å². The Hall–Kier alpha value is 0.0700. The molecule has 0 aromatic carbocycles. The molecule has 0 aliphatic carbocycles. The van der Waals surface area contributed by atoms with Crippen molar-refractivity contribution in [2.75, 3.05) is 34.5 Å². The molecule has 0 saturated carbocycles. The van der Waals surface area contributed by atoms with Crippen molar-refractivity contribution in [3.05, 3.63) is 0 Å². The van der Waals surface area contributed by atoms with Crippen LogP contribution in [0.3, 0.4) is 0 Å². The van der Waals surface area contributed by atoms with Gasteiger partial charge >= 0.3 is 0 Å². The number of nitrogens with zero attached hydrogens (tertiary/aromatic N) is 1. The standard InChI is InChI=1S/C4H7NOS.C4H9NS.C4H6OS.CH4.H3NO/c6-5-4-1-2-7-3-4;2*5-4-1-2-6-3-4;;1-2/h6H,1-3H2;4H,1-3,5H2;1-3H2;1H4;2H,1H2/b5-4-;;;;. The summed E-state index contributed by atoms with van der Waals surface area (Å²) in [6.07, 6.45) is 3.01. The van der Waals surface area contributed by atoms with Gasteiger partial charge in [-0.1, -0.05) is 12.6 Å². The highest BCUT2D eigenvalue weighted by molar-refractivity contribution is 8.00. The van der Waals surface area contributed by atoms with Crippen LogP contribution in [0.4, 0.5) is 0 Å². The summed E-state index contributed by atoms with van der Waals surface area (Å²) in [5, 5.41) is 17.7. The Kier molecular flexibility index (Phi) is 19.3. The molecule has 3 saturated heterocycles. The summed E-state index contributed by atoms with van der Waals surface area (Å²) in [7, 11) is 0. The minimum absolute atomic E-state index is 0. The van der Waals surface area contributed by atoms with Crippen molar-refractivity contribution in [1.82, 2.24) is 0 Å². The first-order valence-electron chi connectivity index (χ1n) is 6.68. The van der Waals surface area contributed by atoms with Gasteiger partial charge in [-0.3, -0.25) is 4.79 Å². The smallest absolute Gasteiger partial charge is 0.143 e. The predicted molar refractivity (Wildman–Crippen MR) is 101 cm³/mol. The van der Waals surface area contributed by atoms with Gasteiger partial charge in [0.15, 0.2) is 0 Å². The second kappa shape index (κ2) is 17.4. The van der Waals surface area contributed by atoms with E-state index in [0.717, 1.165) is 41.6 Å². The van der Waals surface area contributed by atoms with Crippen LogP contribution in [0.1, 0.15) is 26.7 Å². The Labute approximate surface area is 146 Å². The predicted octanol–water partition coefficient (Wildman–Crippen LogP) is 2.07. The summed E-state index contributed by atoms with van der Waals surface area (Å²) in [5.41, 5.74) is 6.45. The van der Waals surface area contributed by atoms with Crippen LogP contribution in [0.2, 0.25) is 0 Å². The lowest BCUT2D eigenvalue weighted by Crippen LogP contribution is -2.17. The largest absolute Gasteiger partial charge is 0.411 e. The average molecular weight is 372 g/mol. The summed E-state index contributed by atoms with van der Waals surface area (Å²) in [6, 6.07) is 0.509. The molecule has 1 atom stereocenters. The first-order valence-corrected chi connectivity index (χ1v) is 10.1. The molecule has 0 aromatic rings. The number of hydrogen-bond donors (Lipinski definition) is 4. The van der Waals surface area contributed by atoms with Crippen molar-refractivity contribution in [2.45, 2.75) is 32.7 Å². The van der Waals surface area contributed by atoms with Gasteiger partial charge in [0.2, 0.25) is 0 Å². The van der Waals surface area contributed by atoms with Crippen LogP contribution in [0.15, 0.2) is 5.16 Å². The molecule has 1 unspecified atom stereocenters. The summed E-state index contributed by atoms with van der Waals surface area (Å²) in [6.45, 7) is 0. The molecule has 0 spiro atoms. The van der Waals surface area contributed by atoms with E-state index in [1.165, 1.54) is 17.9 Å². The van der Waals surface area contributed by atoms with Crippen LogP contribution in [0.5, 0.6) is 0 Å². The SMILES string of the molecule is C.NC1CCSC1.NO.O/N=C1/CCSC1.O=C1CCSC1. The molecule has 0 aromatic heterocycles. The quantitative estimate of drug-likeness (QED) is 0.377. The fourth-order valence-corrected chi connectivity index (χ4v) is 4.48. The van der Waals surface area contributed by atoms with E-state index < -0.39 is 0 Å². The number of ketones is 1. The maximum atomic E-state index is 10.2. The summed E-state index contributed by atoms with van der Waals surface area (Å²) in [5.74, 6) is 10.2. The van der Waals surface area contributed by atoms with Gasteiger partial charge in [0.05, 0.1) is 11.5 Å². The third-order valence-electron chi connectivity index (χ3n) is 2.70. The topological polar surface area (TPSA) is 122 Å². The van der Waals surface area contributed by atoms with E-state index in [2.05, 4.69) is 11.1 Å². The zero-order chi connectivity index (χ0) is 15.9. The minimum Gasteiger partial charge on any atom is -0.411 e. The number of hydrogen-bond acceptors (Lipinski definition) is 9. The molecule has 6 N–H and O–H groups in total. The third kappa shape index (κ3) is 13.7. The van der Waals surface area contributed by atoms with Gasteiger partial charge in [-0.25, -0.2) is 5.90 Å². The normalized spacial score (nSPS) is 24.2. The number of carbonyl (C=O) groups is 1. The fourth-order valence-electron chi connectivity index (χ4n) is 1.53. The maximum Gasteiger partial charge on any atom is 0.143 e. The molecule has 0 amide bonds. The molecule has 3 aliphatic rings. The molecule has 132 valence electrons. The van der Waals surface area contributed by atoms with E-state index in [-0.39, 0.29) is 7.43 Å². The van der Waals surface area contributed by atoms with Crippen molar-refractivity contribution < 1.29 is 15.2 Å². The molecule has 3 aliphatic heterocycles. The number of oxime groups is 1. The van der Waals surface area contributed by atoms with E-state index in [0.29, 0.717) is 11.8 Å². The van der Waals surface area contributed by atoms with Crippen LogP contribution in [-0.2, 0) is 4.79 Å². The summed E-state index contributed by atoms with van der Waals surface area (Å²) < 4.78 is 0. The third-order valence-corrected chi connectivity index (χ3v) is 5.94. The van der Waals surface area contributed by atoms with Gasteiger partial charge in [-0.15, -0.1) is 0 Å². The number of Topliss-reactive ketones (excluding diaryl/α,β-unsaturated/α-hetero) is 1. The molecule has 0 bridgehead atoms. The van der Waals surface area contributed by atoms with Gasteiger partial charge in [0, 0.05) is 29.7 Å². The summed E-state index contributed by atoms with van der Waals surface area (Å²) in [4.78, 5) is 10.2. The number of carbonyl (C=O) groups excluding carboxylic acids is 1.